The van der Waals surface area contributed by atoms with Gasteiger partial charge in [-0.2, -0.15) is 0 Å². The number of alkyl halides is 2. The monoisotopic (exact) mass is 444 g/mol. The van der Waals surface area contributed by atoms with Gasteiger partial charge in [0.1, 0.15) is 23.3 Å². The van der Waals surface area contributed by atoms with Gasteiger partial charge >= 0.3 is 0 Å². The predicted molar refractivity (Wildman–Crippen MR) is 120 cm³/mol. The fourth-order valence-electron chi connectivity index (χ4n) is 4.07. The summed E-state index contributed by atoms with van der Waals surface area (Å²) in [5.41, 5.74) is 0.236. The molecule has 1 aliphatic heterocycles. The highest BCUT2D eigenvalue weighted by atomic mass is 19.3. The van der Waals surface area contributed by atoms with E-state index in [1.165, 1.54) is 12.1 Å². The van der Waals surface area contributed by atoms with Crippen LogP contribution in [-0.4, -0.2) is 52.6 Å². The van der Waals surface area contributed by atoms with Crippen molar-refractivity contribution in [1.29, 1.82) is 0 Å². The Balaban J connectivity index is 1.65. The van der Waals surface area contributed by atoms with Gasteiger partial charge in [0.05, 0.1) is 23.3 Å². The van der Waals surface area contributed by atoms with Crippen LogP contribution in [0.25, 0.3) is 10.9 Å². The van der Waals surface area contributed by atoms with E-state index < -0.39 is 23.8 Å². The van der Waals surface area contributed by atoms with Crippen molar-refractivity contribution in [2.45, 2.75) is 33.2 Å². The molecule has 1 aromatic carbocycles. The number of piperazine rings is 1. The van der Waals surface area contributed by atoms with Gasteiger partial charge in [-0.15, -0.1) is 0 Å². The van der Waals surface area contributed by atoms with Crippen molar-refractivity contribution < 1.29 is 13.2 Å². The molecule has 0 aliphatic carbocycles. The minimum Gasteiger partial charge on any atom is -0.363 e. The van der Waals surface area contributed by atoms with Gasteiger partial charge in [0.15, 0.2) is 0 Å². The topological polar surface area (TPSA) is 57.2 Å². The molecule has 3 aromatic rings. The minimum absolute atomic E-state index is 0.164. The molecule has 32 heavy (non-hydrogen) atoms. The first-order valence-corrected chi connectivity index (χ1v) is 10.8. The van der Waals surface area contributed by atoms with E-state index in [0.29, 0.717) is 17.2 Å². The third kappa shape index (κ3) is 4.48. The highest BCUT2D eigenvalue weighted by Crippen LogP contribution is 2.31. The maximum atomic E-state index is 14.7. The molecule has 9 heteroatoms. The number of pyridine rings is 1. The summed E-state index contributed by atoms with van der Waals surface area (Å²) in [5.74, 6) is 1.01. The van der Waals surface area contributed by atoms with Gasteiger partial charge in [0.25, 0.3) is 6.43 Å². The van der Waals surface area contributed by atoms with Crippen molar-refractivity contribution in [3.8, 4) is 0 Å². The number of hydrogen-bond acceptors (Lipinski definition) is 6. The molecule has 0 bridgehead atoms. The van der Waals surface area contributed by atoms with Crippen LogP contribution in [0.1, 0.15) is 43.3 Å². The van der Waals surface area contributed by atoms with Crippen LogP contribution in [0.2, 0.25) is 0 Å². The summed E-state index contributed by atoms with van der Waals surface area (Å²) < 4.78 is 40.9. The molecule has 0 amide bonds. The number of anilines is 2. The van der Waals surface area contributed by atoms with Crippen molar-refractivity contribution in [1.82, 2.24) is 19.9 Å². The molecule has 0 radical (unpaired) electrons. The second-order valence-corrected chi connectivity index (χ2v) is 8.02. The Hall–Kier alpha value is -2.94. The van der Waals surface area contributed by atoms with Crippen molar-refractivity contribution in [3.63, 3.8) is 0 Å². The van der Waals surface area contributed by atoms with Crippen LogP contribution in [0.3, 0.4) is 0 Å². The molecule has 1 N–H and O–H groups in total. The molecule has 6 nitrogen and oxygen atoms in total. The van der Waals surface area contributed by atoms with Crippen LogP contribution >= 0.6 is 0 Å². The quantitative estimate of drug-likeness (QED) is 0.594. The Morgan fingerprint density at radius 2 is 1.81 bits per heavy atom. The first-order chi connectivity index (χ1) is 15.4. The van der Waals surface area contributed by atoms with Crippen LogP contribution in [0.4, 0.5) is 24.8 Å². The Labute approximate surface area is 185 Å². The number of fused-ring (bicyclic) bond motifs is 1. The summed E-state index contributed by atoms with van der Waals surface area (Å²) >= 11 is 0. The number of aromatic nitrogens is 3. The van der Waals surface area contributed by atoms with Crippen molar-refractivity contribution >= 4 is 22.5 Å². The van der Waals surface area contributed by atoms with Gasteiger partial charge in [-0.3, -0.25) is 0 Å². The van der Waals surface area contributed by atoms with Gasteiger partial charge in [-0.1, -0.05) is 25.1 Å². The SMILES string of the molecule is CCN1CCN(c2cc3c(N[C@H](C)c4cccc(C(F)F)c4F)nc(C)nc3cn2)CC1. The molecule has 0 spiro atoms. The molecule has 1 atom stereocenters. The average Bonchev–Trinajstić information content (AvgIpc) is 2.78. The highest BCUT2D eigenvalue weighted by molar-refractivity contribution is 5.90. The van der Waals surface area contributed by atoms with Crippen molar-refractivity contribution in [2.75, 3.05) is 42.9 Å². The van der Waals surface area contributed by atoms with E-state index in [9.17, 15) is 13.2 Å². The number of rotatable bonds is 6. The van der Waals surface area contributed by atoms with E-state index in [0.717, 1.165) is 50.0 Å². The Kier molecular flexibility index (Phi) is 6.45. The van der Waals surface area contributed by atoms with Crippen LogP contribution in [0.15, 0.2) is 30.5 Å². The van der Waals surface area contributed by atoms with E-state index in [4.69, 9.17) is 0 Å². The number of hydrogen-bond donors (Lipinski definition) is 1. The largest absolute Gasteiger partial charge is 0.363 e. The molecule has 1 saturated heterocycles. The van der Waals surface area contributed by atoms with E-state index in [-0.39, 0.29) is 5.56 Å². The van der Waals surface area contributed by atoms with Gasteiger partial charge in [0, 0.05) is 37.1 Å². The normalized spacial score (nSPS) is 16.0. The Bertz CT molecular complexity index is 1100. The summed E-state index contributed by atoms with van der Waals surface area (Å²) in [7, 11) is 0. The summed E-state index contributed by atoms with van der Waals surface area (Å²) in [6, 6.07) is 5.43. The number of nitrogens with zero attached hydrogens (tertiary/aromatic N) is 5. The second-order valence-electron chi connectivity index (χ2n) is 8.02. The first-order valence-electron chi connectivity index (χ1n) is 10.8. The second kappa shape index (κ2) is 9.28. The minimum atomic E-state index is -2.87. The van der Waals surface area contributed by atoms with Crippen LogP contribution in [0.5, 0.6) is 0 Å². The molecule has 2 aromatic heterocycles. The highest BCUT2D eigenvalue weighted by Gasteiger charge is 2.21. The van der Waals surface area contributed by atoms with Crippen LogP contribution in [-0.2, 0) is 0 Å². The molecule has 3 heterocycles. The predicted octanol–water partition coefficient (Wildman–Crippen LogP) is 4.72. The third-order valence-electron chi connectivity index (χ3n) is 5.94. The van der Waals surface area contributed by atoms with Gasteiger partial charge in [0.2, 0.25) is 0 Å². The third-order valence-corrected chi connectivity index (χ3v) is 5.94. The average molecular weight is 445 g/mol. The molecule has 170 valence electrons. The van der Waals surface area contributed by atoms with E-state index in [1.807, 2.05) is 6.07 Å². The van der Waals surface area contributed by atoms with E-state index in [1.54, 1.807) is 20.0 Å². The van der Waals surface area contributed by atoms with Crippen LogP contribution < -0.4 is 10.2 Å². The fraction of sp³-hybridized carbons (Fsp3) is 0.435. The van der Waals surface area contributed by atoms with Crippen molar-refractivity contribution in [3.05, 3.63) is 53.2 Å². The molecule has 4 rings (SSSR count). The summed E-state index contributed by atoms with van der Waals surface area (Å²) in [6.45, 7) is 10.4. The maximum Gasteiger partial charge on any atom is 0.266 e. The molecular weight excluding hydrogens is 417 g/mol. The number of likely N-dealkylation sites (N-methyl/N-ethyl adjacent to an activating group) is 1. The molecule has 1 fully saturated rings. The summed E-state index contributed by atoms with van der Waals surface area (Å²) in [4.78, 5) is 18.2. The smallest absolute Gasteiger partial charge is 0.266 e. The van der Waals surface area contributed by atoms with E-state index in [2.05, 4.69) is 37.0 Å². The molecule has 1 aliphatic rings. The summed E-state index contributed by atoms with van der Waals surface area (Å²) in [5, 5.41) is 3.96. The van der Waals surface area contributed by atoms with Gasteiger partial charge in [-0.25, -0.2) is 28.1 Å². The zero-order chi connectivity index (χ0) is 22.8. The maximum absolute atomic E-state index is 14.7. The first kappa shape index (κ1) is 22.3. The lowest BCUT2D eigenvalue weighted by Gasteiger charge is -2.34. The molecular formula is C23H27F3N6. The standard InChI is InChI=1S/C23H27F3N6/c1-4-31-8-10-32(11-9-31)20-12-18-19(13-27-20)29-15(3)30-23(18)28-14(2)16-6-5-7-17(21(16)24)22(25)26/h5-7,12-14,22H,4,8-11H2,1-3H3,(H,28,29,30)/t14-/m1/s1. The fourth-order valence-corrected chi connectivity index (χ4v) is 4.07. The zero-order valence-corrected chi connectivity index (χ0v) is 18.4. The Morgan fingerprint density at radius 3 is 2.50 bits per heavy atom. The lowest BCUT2D eigenvalue weighted by Crippen LogP contribution is -2.46. The lowest BCUT2D eigenvalue weighted by molar-refractivity contribution is 0.146. The number of nitrogens with one attached hydrogen (secondary N) is 1. The molecule has 0 saturated carbocycles. The van der Waals surface area contributed by atoms with Crippen molar-refractivity contribution in [2.24, 2.45) is 0 Å². The summed E-state index contributed by atoms with van der Waals surface area (Å²) in [6.07, 6.45) is -1.15. The number of aryl methyl sites for hydroxylation is 1. The van der Waals surface area contributed by atoms with Gasteiger partial charge in [-0.05, 0) is 26.5 Å². The Morgan fingerprint density at radius 1 is 1.09 bits per heavy atom. The van der Waals surface area contributed by atoms with E-state index >= 15 is 0 Å². The lowest BCUT2D eigenvalue weighted by atomic mass is 10.0. The molecule has 0 unspecified atom stereocenters. The van der Waals surface area contributed by atoms with Gasteiger partial charge < -0.3 is 15.1 Å². The van der Waals surface area contributed by atoms with Crippen LogP contribution in [0, 0.1) is 12.7 Å². The zero-order valence-electron chi connectivity index (χ0n) is 18.4. The number of halogens is 3. The number of benzene rings is 1.